The van der Waals surface area contributed by atoms with E-state index in [-0.39, 0.29) is 23.8 Å². The molecule has 1 unspecified atom stereocenters. The third-order valence-electron chi connectivity index (χ3n) is 6.95. The van der Waals surface area contributed by atoms with Gasteiger partial charge in [0, 0.05) is 43.2 Å². The van der Waals surface area contributed by atoms with Crippen LogP contribution in [0.1, 0.15) is 50.1 Å². The summed E-state index contributed by atoms with van der Waals surface area (Å²) in [5.41, 5.74) is 11.9. The summed E-state index contributed by atoms with van der Waals surface area (Å²) in [7, 11) is 1.67. The van der Waals surface area contributed by atoms with Crippen LogP contribution in [0.15, 0.2) is 46.3 Å². The first-order valence-electron chi connectivity index (χ1n) is 11.8. The van der Waals surface area contributed by atoms with Crippen molar-refractivity contribution in [1.29, 1.82) is 5.26 Å². The van der Waals surface area contributed by atoms with Crippen LogP contribution in [-0.2, 0) is 13.6 Å². The summed E-state index contributed by atoms with van der Waals surface area (Å²) in [6.07, 6.45) is 0.933. The highest BCUT2D eigenvalue weighted by atomic mass is 16.1. The zero-order chi connectivity index (χ0) is 25.1. The first-order valence-corrected chi connectivity index (χ1v) is 11.8. The van der Waals surface area contributed by atoms with Crippen molar-refractivity contribution in [2.45, 2.75) is 51.9 Å². The number of nitrogens with zero attached hydrogens (tertiary/aromatic N) is 9. The maximum Gasteiger partial charge on any atom is 0.349 e. The second-order valence-corrected chi connectivity index (χ2v) is 9.02. The van der Waals surface area contributed by atoms with Crippen molar-refractivity contribution in [3.8, 4) is 6.07 Å². The molecule has 0 radical (unpaired) electrons. The molecule has 1 saturated heterocycles. The number of piperazine rings is 1. The summed E-state index contributed by atoms with van der Waals surface area (Å²) >= 11 is 0. The van der Waals surface area contributed by atoms with Gasteiger partial charge in [-0.15, -0.1) is 0 Å². The highest BCUT2D eigenvalue weighted by molar-refractivity contribution is 5.86. The Hall–Kier alpha value is -3.93. The molecule has 0 bridgehead atoms. The lowest BCUT2D eigenvalue weighted by molar-refractivity contribution is 0.106. The molecule has 1 aliphatic rings. The molecule has 10 nitrogen and oxygen atoms in total. The van der Waals surface area contributed by atoms with E-state index < -0.39 is 0 Å². The minimum Gasteiger partial charge on any atom is -0.349 e. The van der Waals surface area contributed by atoms with Crippen LogP contribution in [0.25, 0.3) is 21.5 Å². The Labute approximate surface area is 204 Å². The molecule has 3 atom stereocenters. The Morgan fingerprint density at radius 3 is 2.63 bits per heavy atom. The Balaban J connectivity index is 1.65. The molecule has 0 aliphatic carbocycles. The lowest BCUT2D eigenvalue weighted by atomic mass is 9.98. The van der Waals surface area contributed by atoms with Crippen molar-refractivity contribution in [3.63, 3.8) is 0 Å². The van der Waals surface area contributed by atoms with Gasteiger partial charge in [-0.3, -0.25) is 9.47 Å². The molecular formula is C25H29N9O. The summed E-state index contributed by atoms with van der Waals surface area (Å²) in [4.78, 5) is 29.1. The van der Waals surface area contributed by atoms with Gasteiger partial charge in [0.25, 0.3) is 0 Å². The van der Waals surface area contributed by atoms with Crippen molar-refractivity contribution in [2.75, 3.05) is 18.0 Å². The Morgan fingerprint density at radius 1 is 1.23 bits per heavy atom. The molecule has 1 aromatic carbocycles. The van der Waals surface area contributed by atoms with Gasteiger partial charge >= 0.3 is 5.69 Å². The van der Waals surface area contributed by atoms with Crippen LogP contribution in [0, 0.1) is 11.3 Å². The monoisotopic (exact) mass is 471 g/mol. The van der Waals surface area contributed by atoms with Crippen LogP contribution in [0.3, 0.4) is 0 Å². The van der Waals surface area contributed by atoms with Crippen LogP contribution in [0.4, 0.5) is 5.82 Å². The van der Waals surface area contributed by atoms with Crippen LogP contribution >= 0.6 is 0 Å². The fraction of sp³-hybridized carbons (Fsp3) is 0.440. The molecule has 4 rings (SSSR count). The molecule has 0 spiro atoms. The second kappa shape index (κ2) is 10.1. The van der Waals surface area contributed by atoms with Gasteiger partial charge in [-0.1, -0.05) is 36.3 Å². The normalized spacial score (nSPS) is 19.2. The average molecular weight is 472 g/mol. The number of anilines is 1. The number of pyridine rings is 1. The zero-order valence-electron chi connectivity index (χ0n) is 20.5. The maximum atomic E-state index is 12.7. The number of hydrogen-bond acceptors (Lipinski definition) is 7. The summed E-state index contributed by atoms with van der Waals surface area (Å²) in [6.45, 7) is 8.34. The van der Waals surface area contributed by atoms with Crippen molar-refractivity contribution in [3.05, 3.63) is 74.1 Å². The van der Waals surface area contributed by atoms with Crippen molar-refractivity contribution < 1.29 is 0 Å². The number of rotatable bonds is 6. The molecule has 0 N–H and O–H groups in total. The summed E-state index contributed by atoms with van der Waals surface area (Å²) in [5, 5.41) is 13.0. The second-order valence-electron chi connectivity index (χ2n) is 9.02. The Kier molecular flexibility index (Phi) is 7.01. The first kappa shape index (κ1) is 24.2. The highest BCUT2D eigenvalue weighted by Gasteiger charge is 2.35. The quantitative estimate of drug-likeness (QED) is 0.303. The van der Waals surface area contributed by atoms with E-state index in [0.717, 1.165) is 18.5 Å². The van der Waals surface area contributed by atoms with Crippen LogP contribution in [0.5, 0.6) is 0 Å². The van der Waals surface area contributed by atoms with E-state index in [1.54, 1.807) is 19.2 Å². The smallest absolute Gasteiger partial charge is 0.349 e. The van der Waals surface area contributed by atoms with Crippen molar-refractivity contribution in [1.82, 2.24) is 19.4 Å². The third kappa shape index (κ3) is 4.69. The number of fused-ring (bicyclic) bond motifs is 1. The first-order chi connectivity index (χ1) is 16.9. The number of aryl methyl sites for hydroxylation is 1. The molecule has 0 amide bonds. The molecule has 35 heavy (non-hydrogen) atoms. The molecule has 0 saturated carbocycles. The van der Waals surface area contributed by atoms with Gasteiger partial charge in [-0.2, -0.15) is 10.2 Å². The van der Waals surface area contributed by atoms with Crippen LogP contribution in [0.2, 0.25) is 0 Å². The van der Waals surface area contributed by atoms with E-state index in [0.29, 0.717) is 35.6 Å². The van der Waals surface area contributed by atoms with Crippen molar-refractivity contribution >= 4 is 16.9 Å². The molecule has 10 heteroatoms. The number of aromatic nitrogens is 3. The van der Waals surface area contributed by atoms with Gasteiger partial charge in [0.2, 0.25) is 0 Å². The van der Waals surface area contributed by atoms with Gasteiger partial charge in [0.1, 0.15) is 17.3 Å². The fourth-order valence-electron chi connectivity index (χ4n) is 4.88. The molecule has 2 aromatic heterocycles. The molecule has 1 fully saturated rings. The predicted molar refractivity (Wildman–Crippen MR) is 135 cm³/mol. The average Bonchev–Trinajstić information content (AvgIpc) is 2.89. The van der Waals surface area contributed by atoms with Gasteiger partial charge < -0.3 is 4.90 Å². The van der Waals surface area contributed by atoms with E-state index in [4.69, 9.17) is 5.53 Å². The van der Waals surface area contributed by atoms with Gasteiger partial charge in [0.05, 0.1) is 12.1 Å². The Morgan fingerprint density at radius 2 is 1.97 bits per heavy atom. The van der Waals surface area contributed by atoms with Gasteiger partial charge in [-0.05, 0) is 49.1 Å². The van der Waals surface area contributed by atoms with Crippen molar-refractivity contribution in [2.24, 2.45) is 12.2 Å². The number of hydrogen-bond donors (Lipinski definition) is 0. The third-order valence-corrected chi connectivity index (χ3v) is 6.95. The van der Waals surface area contributed by atoms with E-state index >= 15 is 0 Å². The molecule has 3 heterocycles. The van der Waals surface area contributed by atoms with Crippen LogP contribution < -0.4 is 10.6 Å². The van der Waals surface area contributed by atoms with Gasteiger partial charge in [-0.25, -0.2) is 9.78 Å². The molecular weight excluding hydrogens is 442 g/mol. The Bertz CT molecular complexity index is 1370. The summed E-state index contributed by atoms with van der Waals surface area (Å²) in [6, 6.07) is 14.2. The van der Waals surface area contributed by atoms with E-state index in [1.165, 1.54) is 10.1 Å². The van der Waals surface area contributed by atoms with Gasteiger partial charge in [0.15, 0.2) is 5.82 Å². The fourth-order valence-corrected chi connectivity index (χ4v) is 4.88. The minimum atomic E-state index is -0.337. The largest absolute Gasteiger partial charge is 0.349 e. The number of nitriles is 1. The van der Waals surface area contributed by atoms with Crippen LogP contribution in [-0.4, -0.2) is 44.6 Å². The van der Waals surface area contributed by atoms with E-state index in [9.17, 15) is 10.1 Å². The number of azide groups is 1. The SMILES string of the molecule is CC[C@@H]1CN(c2nc(=O)n(C)c3ccc(C#N)nc23)[C@@H](C)CN1C(C)c1ccc(CN=[N+]=[N-])cc1. The van der Waals surface area contributed by atoms with E-state index in [1.807, 2.05) is 12.1 Å². The highest BCUT2D eigenvalue weighted by Crippen LogP contribution is 2.32. The summed E-state index contributed by atoms with van der Waals surface area (Å²) in [5.74, 6) is 0.542. The number of benzene rings is 1. The standard InChI is InChI=1S/C25H29N9O/c1-5-21-15-33(24-23-22(32(4)25(35)30-24)11-10-20(12-26)29-23)16(2)14-34(21)17(3)19-8-6-18(7-9-19)13-28-31-27/h6-11,16-17,21H,5,13-15H2,1-4H3/t16-,17?,21+/m0/s1. The lowest BCUT2D eigenvalue weighted by Crippen LogP contribution is -2.58. The minimum absolute atomic E-state index is 0.0832. The van der Waals surface area contributed by atoms with E-state index in [2.05, 4.69) is 68.8 Å². The topological polar surface area (TPSA) is 127 Å². The predicted octanol–water partition coefficient (Wildman–Crippen LogP) is 4.06. The maximum absolute atomic E-state index is 12.7. The lowest BCUT2D eigenvalue weighted by Gasteiger charge is -2.48. The molecule has 3 aromatic rings. The molecule has 180 valence electrons. The summed E-state index contributed by atoms with van der Waals surface area (Å²) < 4.78 is 1.47. The zero-order valence-corrected chi connectivity index (χ0v) is 20.5. The molecule has 1 aliphatic heterocycles.